The fraction of sp³-hybridized carbons (Fsp3) is 0.714. The molecule has 1 aliphatic heterocycles. The molecule has 0 atom stereocenters. The average Bonchev–Trinajstić information content (AvgIpc) is 2.76. The van der Waals surface area contributed by atoms with Gasteiger partial charge in [-0.05, 0) is 32.7 Å². The minimum absolute atomic E-state index is 0.125. The molecule has 1 amide bonds. The zero-order valence-corrected chi connectivity index (χ0v) is 12.1. The highest BCUT2D eigenvalue weighted by molar-refractivity contribution is 5.95. The molecule has 2 heterocycles. The maximum atomic E-state index is 12.4. The van der Waals surface area contributed by atoms with Crippen LogP contribution in [0.5, 0.6) is 0 Å². The van der Waals surface area contributed by atoms with Gasteiger partial charge in [-0.3, -0.25) is 9.48 Å². The first-order valence-electron chi connectivity index (χ1n) is 7.14. The topological polar surface area (TPSA) is 50.2 Å². The van der Waals surface area contributed by atoms with Gasteiger partial charge in [-0.15, -0.1) is 0 Å². The molecule has 5 nitrogen and oxygen atoms in total. The van der Waals surface area contributed by atoms with E-state index in [0.717, 1.165) is 50.2 Å². The van der Waals surface area contributed by atoms with Crippen LogP contribution in [-0.2, 0) is 7.05 Å². The zero-order chi connectivity index (χ0) is 13.8. The lowest BCUT2D eigenvalue weighted by Crippen LogP contribution is -2.45. The average molecular weight is 264 g/mol. The SMILES string of the molecule is CCCNC1CCN(C(=O)c2cnn(C)c2C)CC1. The van der Waals surface area contributed by atoms with Crippen molar-refractivity contribution in [1.29, 1.82) is 0 Å². The Kier molecular flexibility index (Phi) is 4.58. The van der Waals surface area contributed by atoms with Crippen LogP contribution in [0.1, 0.15) is 42.2 Å². The first-order valence-corrected chi connectivity index (χ1v) is 7.14. The number of rotatable bonds is 4. The molecule has 0 spiro atoms. The fourth-order valence-electron chi connectivity index (χ4n) is 2.51. The molecule has 1 fully saturated rings. The number of carbonyl (C=O) groups excluding carboxylic acids is 1. The van der Waals surface area contributed by atoms with E-state index in [1.54, 1.807) is 10.9 Å². The summed E-state index contributed by atoms with van der Waals surface area (Å²) in [6, 6.07) is 0.569. The van der Waals surface area contributed by atoms with Gasteiger partial charge in [0, 0.05) is 31.9 Å². The van der Waals surface area contributed by atoms with Crippen LogP contribution >= 0.6 is 0 Å². The summed E-state index contributed by atoms with van der Waals surface area (Å²) >= 11 is 0. The molecule has 1 N–H and O–H groups in total. The van der Waals surface area contributed by atoms with E-state index < -0.39 is 0 Å². The number of likely N-dealkylation sites (tertiary alicyclic amines) is 1. The summed E-state index contributed by atoms with van der Waals surface area (Å²) in [5.74, 6) is 0.125. The summed E-state index contributed by atoms with van der Waals surface area (Å²) in [7, 11) is 1.87. The van der Waals surface area contributed by atoms with Crippen molar-refractivity contribution in [3.05, 3.63) is 17.5 Å². The van der Waals surface area contributed by atoms with Crippen molar-refractivity contribution >= 4 is 5.91 Å². The van der Waals surface area contributed by atoms with Gasteiger partial charge in [0.25, 0.3) is 5.91 Å². The van der Waals surface area contributed by atoms with Crippen LogP contribution < -0.4 is 5.32 Å². The van der Waals surface area contributed by atoms with Gasteiger partial charge < -0.3 is 10.2 Å². The van der Waals surface area contributed by atoms with Gasteiger partial charge in [0.1, 0.15) is 0 Å². The second-order valence-electron chi connectivity index (χ2n) is 5.29. The van der Waals surface area contributed by atoms with Gasteiger partial charge in [0.2, 0.25) is 0 Å². The van der Waals surface area contributed by atoms with Crippen LogP contribution in [0.15, 0.2) is 6.20 Å². The zero-order valence-electron chi connectivity index (χ0n) is 12.1. The van der Waals surface area contributed by atoms with Crippen molar-refractivity contribution in [3.63, 3.8) is 0 Å². The number of amides is 1. The lowest BCUT2D eigenvalue weighted by Gasteiger charge is -2.32. The first-order chi connectivity index (χ1) is 9.13. The number of carbonyl (C=O) groups is 1. The summed E-state index contributed by atoms with van der Waals surface area (Å²) in [4.78, 5) is 14.4. The minimum atomic E-state index is 0.125. The number of nitrogens with zero attached hydrogens (tertiary/aromatic N) is 3. The predicted molar refractivity (Wildman–Crippen MR) is 75.2 cm³/mol. The summed E-state index contributed by atoms with van der Waals surface area (Å²) in [6.07, 6.45) is 4.93. The van der Waals surface area contributed by atoms with E-state index in [2.05, 4.69) is 17.3 Å². The lowest BCUT2D eigenvalue weighted by atomic mass is 10.0. The third-order valence-electron chi connectivity index (χ3n) is 3.93. The van der Waals surface area contributed by atoms with E-state index in [9.17, 15) is 4.79 Å². The van der Waals surface area contributed by atoms with Crippen LogP contribution in [0.2, 0.25) is 0 Å². The molecule has 5 heteroatoms. The molecule has 0 aromatic carbocycles. The highest BCUT2D eigenvalue weighted by Crippen LogP contribution is 2.15. The van der Waals surface area contributed by atoms with Gasteiger partial charge in [-0.25, -0.2) is 0 Å². The molecule has 106 valence electrons. The summed E-state index contributed by atoms with van der Waals surface area (Å²) in [5, 5.41) is 7.68. The maximum absolute atomic E-state index is 12.4. The van der Waals surface area contributed by atoms with Gasteiger partial charge in [-0.2, -0.15) is 5.10 Å². The van der Waals surface area contributed by atoms with E-state index in [1.807, 2.05) is 18.9 Å². The highest BCUT2D eigenvalue weighted by atomic mass is 16.2. The molecule has 0 bridgehead atoms. The Morgan fingerprint density at radius 1 is 1.47 bits per heavy atom. The Labute approximate surface area is 115 Å². The van der Waals surface area contributed by atoms with Gasteiger partial charge in [0.05, 0.1) is 11.8 Å². The number of aryl methyl sites for hydroxylation is 1. The van der Waals surface area contributed by atoms with Crippen molar-refractivity contribution in [2.75, 3.05) is 19.6 Å². The van der Waals surface area contributed by atoms with E-state index in [4.69, 9.17) is 0 Å². The van der Waals surface area contributed by atoms with Gasteiger partial charge in [-0.1, -0.05) is 6.92 Å². The van der Waals surface area contributed by atoms with Gasteiger partial charge in [0.15, 0.2) is 0 Å². The minimum Gasteiger partial charge on any atom is -0.338 e. The van der Waals surface area contributed by atoms with E-state index >= 15 is 0 Å². The molecule has 1 aromatic rings. The van der Waals surface area contributed by atoms with Crippen molar-refractivity contribution in [2.45, 2.75) is 39.2 Å². The Balaban J connectivity index is 1.91. The third kappa shape index (κ3) is 3.15. The maximum Gasteiger partial charge on any atom is 0.257 e. The summed E-state index contributed by atoms with van der Waals surface area (Å²) in [5.41, 5.74) is 1.68. The number of aromatic nitrogens is 2. The molecule has 0 radical (unpaired) electrons. The second-order valence-corrected chi connectivity index (χ2v) is 5.29. The number of nitrogens with one attached hydrogen (secondary N) is 1. The second kappa shape index (κ2) is 6.19. The molecule has 1 aromatic heterocycles. The first kappa shape index (κ1) is 14.1. The van der Waals surface area contributed by atoms with Crippen LogP contribution in [0.3, 0.4) is 0 Å². The van der Waals surface area contributed by atoms with Crippen molar-refractivity contribution < 1.29 is 4.79 Å². The molecule has 1 aliphatic rings. The quantitative estimate of drug-likeness (QED) is 0.892. The van der Waals surface area contributed by atoms with Crippen LogP contribution in [0.4, 0.5) is 0 Å². The number of hydrogen-bond acceptors (Lipinski definition) is 3. The number of hydrogen-bond donors (Lipinski definition) is 1. The Hall–Kier alpha value is -1.36. The molecular weight excluding hydrogens is 240 g/mol. The molecule has 2 rings (SSSR count). The van der Waals surface area contributed by atoms with E-state index in [0.29, 0.717) is 6.04 Å². The largest absolute Gasteiger partial charge is 0.338 e. The summed E-state index contributed by atoms with van der Waals surface area (Å²) < 4.78 is 1.75. The Bertz CT molecular complexity index is 433. The normalized spacial score (nSPS) is 16.9. The van der Waals surface area contributed by atoms with Crippen molar-refractivity contribution in [2.24, 2.45) is 7.05 Å². The van der Waals surface area contributed by atoms with Crippen molar-refractivity contribution in [3.8, 4) is 0 Å². The van der Waals surface area contributed by atoms with Crippen LogP contribution in [-0.4, -0.2) is 46.3 Å². The fourth-order valence-corrected chi connectivity index (χ4v) is 2.51. The Morgan fingerprint density at radius 3 is 2.68 bits per heavy atom. The number of piperidine rings is 1. The lowest BCUT2D eigenvalue weighted by molar-refractivity contribution is 0.0704. The molecule has 0 saturated carbocycles. The standard InChI is InChI=1S/C14H24N4O/c1-4-7-15-12-5-8-18(9-6-12)14(19)13-10-16-17(3)11(13)2/h10,12,15H,4-9H2,1-3H3. The van der Waals surface area contributed by atoms with Gasteiger partial charge >= 0.3 is 0 Å². The monoisotopic (exact) mass is 264 g/mol. The van der Waals surface area contributed by atoms with E-state index in [-0.39, 0.29) is 5.91 Å². The predicted octanol–water partition coefficient (Wildman–Crippen LogP) is 1.33. The van der Waals surface area contributed by atoms with E-state index in [1.165, 1.54) is 0 Å². The smallest absolute Gasteiger partial charge is 0.257 e. The highest BCUT2D eigenvalue weighted by Gasteiger charge is 2.25. The molecule has 0 unspecified atom stereocenters. The molecular formula is C14H24N4O. The summed E-state index contributed by atoms with van der Waals surface area (Å²) in [6.45, 7) is 6.87. The van der Waals surface area contributed by atoms with Crippen LogP contribution in [0, 0.1) is 6.92 Å². The molecule has 1 saturated heterocycles. The molecule has 19 heavy (non-hydrogen) atoms. The van der Waals surface area contributed by atoms with Crippen LogP contribution in [0.25, 0.3) is 0 Å². The van der Waals surface area contributed by atoms with Crippen molar-refractivity contribution in [1.82, 2.24) is 20.0 Å². The third-order valence-corrected chi connectivity index (χ3v) is 3.93. The molecule has 0 aliphatic carbocycles. The Morgan fingerprint density at radius 2 is 2.16 bits per heavy atom.